The van der Waals surface area contributed by atoms with E-state index in [1.165, 1.54) is 63.2 Å². The zero-order valence-electron chi connectivity index (χ0n) is 16.5. The lowest BCUT2D eigenvalue weighted by molar-refractivity contribution is 0.875. The van der Waals surface area contributed by atoms with Crippen LogP contribution in [-0.2, 0) is 0 Å². The molecule has 5 aromatic carbocycles. The van der Waals surface area contributed by atoms with Crippen LogP contribution in [0.5, 0.6) is 0 Å². The molecule has 0 spiro atoms. The van der Waals surface area contributed by atoms with Crippen LogP contribution < -0.4 is 0 Å². The molecule has 0 amide bonds. The average Bonchev–Trinajstić information content (AvgIpc) is 2.67. The Bertz CT molecular complexity index is 1380. The smallest absolute Gasteiger partial charge is 0.0263 e. The molecule has 0 aliphatic carbocycles. The van der Waals surface area contributed by atoms with Crippen molar-refractivity contribution in [2.24, 2.45) is 0 Å². The van der Waals surface area contributed by atoms with Crippen LogP contribution in [0.1, 0.15) is 50.7 Å². The highest BCUT2D eigenvalue weighted by atomic mass is 79.9. The monoisotopic (exact) mass is 492 g/mol. The highest BCUT2D eigenvalue weighted by molar-refractivity contribution is 9.11. The number of hydrogen-bond acceptors (Lipinski definition) is 0. The first kappa shape index (κ1) is 18.4. The molecule has 2 heteroatoms. The molecule has 0 saturated heterocycles. The first-order chi connectivity index (χ1) is 13.4. The normalized spacial score (nSPS) is 12.6. The molecule has 0 atom stereocenters. The minimum atomic E-state index is 0.456. The van der Waals surface area contributed by atoms with Crippen LogP contribution >= 0.6 is 31.9 Å². The van der Waals surface area contributed by atoms with E-state index in [9.17, 15) is 0 Å². The van der Waals surface area contributed by atoms with Crippen molar-refractivity contribution >= 4 is 74.9 Å². The lowest BCUT2D eigenvalue weighted by Gasteiger charge is -2.23. The Labute approximate surface area is 182 Å². The third kappa shape index (κ3) is 2.40. The summed E-state index contributed by atoms with van der Waals surface area (Å²) in [7, 11) is 0. The molecule has 0 radical (unpaired) electrons. The SMILES string of the molecule is CC(C)c1cc(Br)c2c3ccccc3c3c(C(C)C)cc(Br)c4ccc1c2c43. The second-order valence-electron chi connectivity index (χ2n) is 8.41. The van der Waals surface area contributed by atoms with Crippen LogP contribution in [0.3, 0.4) is 0 Å². The molecular formula is C26H22Br2. The Hall–Kier alpha value is -1.64. The molecule has 0 unspecified atom stereocenters. The van der Waals surface area contributed by atoms with Gasteiger partial charge in [0.25, 0.3) is 0 Å². The standard InChI is InChI=1S/C26H22Br2/c1-13(2)19-11-22(28)24-16-8-6-5-7-15(16)23-20(14(3)4)12-21(27)18-10-9-17(19)25(24)26(18)23/h5-14H,1-4H3. The van der Waals surface area contributed by atoms with E-state index in [4.69, 9.17) is 0 Å². The summed E-state index contributed by atoms with van der Waals surface area (Å²) in [5.41, 5.74) is 2.82. The summed E-state index contributed by atoms with van der Waals surface area (Å²) in [6.07, 6.45) is 0. The lowest BCUT2D eigenvalue weighted by Crippen LogP contribution is -1.98. The van der Waals surface area contributed by atoms with E-state index in [1.807, 2.05) is 0 Å². The molecular weight excluding hydrogens is 472 g/mol. The number of halogens is 2. The molecule has 5 aromatic rings. The average molecular weight is 494 g/mol. The van der Waals surface area contributed by atoms with Gasteiger partial charge in [0.2, 0.25) is 0 Å². The summed E-state index contributed by atoms with van der Waals surface area (Å²) in [5.74, 6) is 0.928. The van der Waals surface area contributed by atoms with Crippen molar-refractivity contribution in [1.82, 2.24) is 0 Å². The molecule has 0 bridgehead atoms. The fourth-order valence-electron chi connectivity index (χ4n) is 4.80. The molecule has 0 aliphatic heterocycles. The first-order valence-electron chi connectivity index (χ1n) is 9.91. The number of rotatable bonds is 2. The Kier molecular flexibility index (Phi) is 4.23. The fourth-order valence-corrected chi connectivity index (χ4v) is 6.04. The predicted molar refractivity (Wildman–Crippen MR) is 131 cm³/mol. The van der Waals surface area contributed by atoms with E-state index in [2.05, 4.69) is 108 Å². The Morgan fingerprint density at radius 1 is 0.536 bits per heavy atom. The van der Waals surface area contributed by atoms with E-state index < -0.39 is 0 Å². The van der Waals surface area contributed by atoms with Gasteiger partial charge in [-0.05, 0) is 72.8 Å². The van der Waals surface area contributed by atoms with Gasteiger partial charge in [0.05, 0.1) is 0 Å². The van der Waals surface area contributed by atoms with Crippen LogP contribution in [0.2, 0.25) is 0 Å². The predicted octanol–water partition coefficient (Wildman–Crippen LogP) is 9.51. The molecule has 0 aliphatic rings. The minimum absolute atomic E-state index is 0.456. The zero-order valence-corrected chi connectivity index (χ0v) is 19.7. The van der Waals surface area contributed by atoms with Crippen LogP contribution in [-0.4, -0.2) is 0 Å². The van der Waals surface area contributed by atoms with Gasteiger partial charge in [-0.2, -0.15) is 0 Å². The molecule has 0 fully saturated rings. The number of fused-ring (bicyclic) bond motifs is 3. The van der Waals surface area contributed by atoms with Gasteiger partial charge < -0.3 is 0 Å². The summed E-state index contributed by atoms with van der Waals surface area (Å²) in [5, 5.41) is 10.9. The van der Waals surface area contributed by atoms with Gasteiger partial charge in [-0.15, -0.1) is 0 Å². The molecule has 0 aromatic heterocycles. The molecule has 0 N–H and O–H groups in total. The van der Waals surface area contributed by atoms with Crippen molar-refractivity contribution < 1.29 is 0 Å². The van der Waals surface area contributed by atoms with E-state index >= 15 is 0 Å². The maximum absolute atomic E-state index is 3.94. The summed E-state index contributed by atoms with van der Waals surface area (Å²) >= 11 is 7.81. The lowest BCUT2D eigenvalue weighted by atomic mass is 9.83. The van der Waals surface area contributed by atoms with Crippen molar-refractivity contribution in [1.29, 1.82) is 0 Å². The van der Waals surface area contributed by atoms with E-state index in [0.29, 0.717) is 11.8 Å². The van der Waals surface area contributed by atoms with Crippen molar-refractivity contribution in [3.8, 4) is 0 Å². The third-order valence-corrected chi connectivity index (χ3v) is 7.36. The van der Waals surface area contributed by atoms with Crippen LogP contribution in [0.15, 0.2) is 57.5 Å². The first-order valence-corrected chi connectivity index (χ1v) is 11.5. The van der Waals surface area contributed by atoms with Crippen LogP contribution in [0.25, 0.3) is 43.1 Å². The molecule has 0 heterocycles. The van der Waals surface area contributed by atoms with E-state index in [1.54, 1.807) is 0 Å². The summed E-state index contributed by atoms with van der Waals surface area (Å²) in [4.78, 5) is 0. The van der Waals surface area contributed by atoms with Crippen molar-refractivity contribution in [2.45, 2.75) is 39.5 Å². The molecule has 0 nitrogen and oxygen atoms in total. The van der Waals surface area contributed by atoms with Gasteiger partial charge in [-0.25, -0.2) is 0 Å². The second kappa shape index (κ2) is 6.43. The maximum atomic E-state index is 3.94. The Balaban J connectivity index is 2.25. The van der Waals surface area contributed by atoms with E-state index in [0.717, 1.165) is 0 Å². The number of benzene rings is 5. The van der Waals surface area contributed by atoms with Crippen LogP contribution in [0, 0.1) is 0 Å². The van der Waals surface area contributed by atoms with Crippen LogP contribution in [0.4, 0.5) is 0 Å². The number of hydrogen-bond donors (Lipinski definition) is 0. The largest absolute Gasteiger partial charge is 0.0616 e. The Morgan fingerprint density at radius 2 is 1.07 bits per heavy atom. The fraction of sp³-hybridized carbons (Fsp3) is 0.231. The second-order valence-corrected chi connectivity index (χ2v) is 10.1. The highest BCUT2D eigenvalue weighted by Crippen LogP contribution is 2.49. The molecule has 5 rings (SSSR count). The van der Waals surface area contributed by atoms with Crippen molar-refractivity contribution in [3.05, 3.63) is 68.6 Å². The van der Waals surface area contributed by atoms with Gasteiger partial charge in [0.1, 0.15) is 0 Å². The third-order valence-electron chi connectivity index (χ3n) is 6.08. The summed E-state index contributed by atoms with van der Waals surface area (Å²) < 4.78 is 2.38. The molecule has 28 heavy (non-hydrogen) atoms. The minimum Gasteiger partial charge on any atom is -0.0616 e. The van der Waals surface area contributed by atoms with Gasteiger partial charge in [-0.3, -0.25) is 0 Å². The maximum Gasteiger partial charge on any atom is 0.0263 e. The zero-order chi connectivity index (χ0) is 19.7. The summed E-state index contributed by atoms with van der Waals surface area (Å²) in [6.45, 7) is 9.16. The molecule has 0 saturated carbocycles. The van der Waals surface area contributed by atoms with Gasteiger partial charge in [0, 0.05) is 14.3 Å². The van der Waals surface area contributed by atoms with E-state index in [-0.39, 0.29) is 0 Å². The van der Waals surface area contributed by atoms with Gasteiger partial charge >= 0.3 is 0 Å². The van der Waals surface area contributed by atoms with Crippen molar-refractivity contribution in [2.75, 3.05) is 0 Å². The van der Waals surface area contributed by atoms with Gasteiger partial charge in [0.15, 0.2) is 0 Å². The highest BCUT2D eigenvalue weighted by Gasteiger charge is 2.22. The quantitative estimate of drug-likeness (QED) is 0.169. The van der Waals surface area contributed by atoms with Gasteiger partial charge in [-0.1, -0.05) is 96.0 Å². The topological polar surface area (TPSA) is 0 Å². The van der Waals surface area contributed by atoms with Crippen molar-refractivity contribution in [3.63, 3.8) is 0 Å². The summed E-state index contributed by atoms with van der Waals surface area (Å²) in [6, 6.07) is 18.2. The molecule has 140 valence electrons. The Morgan fingerprint density at radius 3 is 1.71 bits per heavy atom.